The summed E-state index contributed by atoms with van der Waals surface area (Å²) in [6, 6.07) is 4.68. The van der Waals surface area contributed by atoms with Crippen LogP contribution in [0.1, 0.15) is 29.6 Å². The Morgan fingerprint density at radius 2 is 2.29 bits per heavy atom. The van der Waals surface area contributed by atoms with E-state index in [2.05, 4.69) is 5.32 Å². The van der Waals surface area contributed by atoms with E-state index in [1.807, 2.05) is 4.90 Å². The molecule has 2 N–H and O–H groups in total. The van der Waals surface area contributed by atoms with Crippen LogP contribution in [0.3, 0.4) is 0 Å². The Bertz CT molecular complexity index is 530. The van der Waals surface area contributed by atoms with E-state index in [9.17, 15) is 14.7 Å². The largest absolute Gasteiger partial charge is 0.507 e. The third kappa shape index (κ3) is 3.65. The molecule has 21 heavy (non-hydrogen) atoms. The molecule has 0 aliphatic carbocycles. The van der Waals surface area contributed by atoms with Crippen molar-refractivity contribution in [3.05, 3.63) is 23.8 Å². The minimum absolute atomic E-state index is 0.110. The van der Waals surface area contributed by atoms with Gasteiger partial charge in [-0.15, -0.1) is 0 Å². The summed E-state index contributed by atoms with van der Waals surface area (Å²) >= 11 is 0. The first-order valence-electron chi connectivity index (χ1n) is 7.05. The van der Waals surface area contributed by atoms with Crippen LogP contribution in [-0.4, -0.2) is 48.6 Å². The van der Waals surface area contributed by atoms with Crippen molar-refractivity contribution >= 4 is 11.8 Å². The smallest absolute Gasteiger partial charge is 0.258 e. The molecule has 1 aromatic rings. The van der Waals surface area contributed by atoms with Crippen molar-refractivity contribution in [3.63, 3.8) is 0 Å². The van der Waals surface area contributed by atoms with Crippen molar-refractivity contribution in [1.82, 2.24) is 10.2 Å². The Balaban J connectivity index is 1.83. The van der Waals surface area contributed by atoms with E-state index in [-0.39, 0.29) is 23.1 Å². The topological polar surface area (TPSA) is 78.9 Å². The molecule has 1 aliphatic heterocycles. The summed E-state index contributed by atoms with van der Waals surface area (Å²) in [6.07, 6.45) is 2.23. The standard InChI is InChI=1S/C15H20N2O4/c1-21-12-6-2-5-11(18)14(12)15(20)16-8-4-10-17-9-3-7-13(17)19/h2,5-6,18H,3-4,7-10H2,1H3,(H,16,20). The van der Waals surface area contributed by atoms with Gasteiger partial charge in [-0.25, -0.2) is 0 Å². The van der Waals surface area contributed by atoms with Gasteiger partial charge in [0.25, 0.3) is 5.91 Å². The number of hydrogen-bond donors (Lipinski definition) is 2. The molecule has 1 heterocycles. The third-order valence-electron chi connectivity index (χ3n) is 3.51. The number of hydrogen-bond acceptors (Lipinski definition) is 4. The van der Waals surface area contributed by atoms with E-state index >= 15 is 0 Å². The third-order valence-corrected chi connectivity index (χ3v) is 3.51. The highest BCUT2D eigenvalue weighted by molar-refractivity contribution is 5.99. The molecule has 0 bridgehead atoms. The lowest BCUT2D eigenvalue weighted by molar-refractivity contribution is -0.127. The van der Waals surface area contributed by atoms with Crippen molar-refractivity contribution in [3.8, 4) is 11.5 Å². The van der Waals surface area contributed by atoms with E-state index in [1.54, 1.807) is 12.1 Å². The van der Waals surface area contributed by atoms with Crippen molar-refractivity contribution < 1.29 is 19.4 Å². The maximum atomic E-state index is 12.1. The summed E-state index contributed by atoms with van der Waals surface area (Å²) in [5.41, 5.74) is 0.136. The maximum absolute atomic E-state index is 12.1. The molecule has 1 fully saturated rings. The van der Waals surface area contributed by atoms with Gasteiger partial charge in [0.2, 0.25) is 5.91 Å². The Hall–Kier alpha value is -2.24. The minimum Gasteiger partial charge on any atom is -0.507 e. The second-order valence-corrected chi connectivity index (χ2v) is 4.95. The molecule has 6 nitrogen and oxygen atoms in total. The number of phenolic OH excluding ortho intramolecular Hbond substituents is 1. The van der Waals surface area contributed by atoms with E-state index in [1.165, 1.54) is 13.2 Å². The van der Waals surface area contributed by atoms with Gasteiger partial charge in [0.05, 0.1) is 7.11 Å². The number of benzene rings is 1. The zero-order valence-electron chi connectivity index (χ0n) is 12.1. The quantitative estimate of drug-likeness (QED) is 0.771. The number of methoxy groups -OCH3 is 1. The van der Waals surface area contributed by atoms with Crippen molar-refractivity contribution in [2.45, 2.75) is 19.3 Å². The zero-order chi connectivity index (χ0) is 15.2. The molecular weight excluding hydrogens is 272 g/mol. The first-order chi connectivity index (χ1) is 10.1. The van der Waals surface area contributed by atoms with Crippen LogP contribution in [-0.2, 0) is 4.79 Å². The van der Waals surface area contributed by atoms with Crippen LogP contribution >= 0.6 is 0 Å². The van der Waals surface area contributed by atoms with Gasteiger partial charge in [-0.3, -0.25) is 9.59 Å². The van der Waals surface area contributed by atoms with Gasteiger partial charge in [0.1, 0.15) is 17.1 Å². The summed E-state index contributed by atoms with van der Waals surface area (Å²) in [6.45, 7) is 1.90. The number of phenols is 1. The molecule has 2 rings (SSSR count). The van der Waals surface area contributed by atoms with E-state index < -0.39 is 0 Å². The van der Waals surface area contributed by atoms with E-state index in [0.717, 1.165) is 13.0 Å². The summed E-state index contributed by atoms with van der Waals surface area (Å²) < 4.78 is 5.08. The lowest BCUT2D eigenvalue weighted by Gasteiger charge is -2.15. The molecule has 0 unspecified atom stereocenters. The SMILES string of the molecule is COc1cccc(O)c1C(=O)NCCCN1CCCC1=O. The minimum atomic E-state index is -0.377. The first-order valence-corrected chi connectivity index (χ1v) is 7.05. The number of rotatable bonds is 6. The second-order valence-electron chi connectivity index (χ2n) is 4.95. The molecule has 2 amide bonds. The normalized spacial score (nSPS) is 14.3. The number of likely N-dealkylation sites (tertiary alicyclic amines) is 1. The van der Waals surface area contributed by atoms with Crippen LogP contribution in [0, 0.1) is 0 Å². The van der Waals surface area contributed by atoms with Crippen molar-refractivity contribution in [2.24, 2.45) is 0 Å². The molecule has 1 saturated heterocycles. The predicted octanol–water partition coefficient (Wildman–Crippen LogP) is 1.14. The number of amides is 2. The molecule has 1 aliphatic rings. The van der Waals surface area contributed by atoms with Crippen LogP contribution in [0.25, 0.3) is 0 Å². The monoisotopic (exact) mass is 292 g/mol. The van der Waals surface area contributed by atoms with Gasteiger partial charge in [0.15, 0.2) is 0 Å². The summed E-state index contributed by atoms with van der Waals surface area (Å²) in [5.74, 6) is 0.0326. The average Bonchev–Trinajstić information content (AvgIpc) is 2.88. The van der Waals surface area contributed by atoms with E-state index in [4.69, 9.17) is 4.74 Å². The highest BCUT2D eigenvalue weighted by Gasteiger charge is 2.20. The Kier molecular flexibility index (Phi) is 5.03. The first kappa shape index (κ1) is 15.2. The van der Waals surface area contributed by atoms with Gasteiger partial charge in [0, 0.05) is 26.1 Å². The molecule has 1 aromatic carbocycles. The molecule has 6 heteroatoms. The number of carbonyl (C=O) groups excluding carboxylic acids is 2. The molecule has 0 saturated carbocycles. The fourth-order valence-electron chi connectivity index (χ4n) is 2.42. The summed E-state index contributed by atoms with van der Waals surface area (Å²) in [4.78, 5) is 25.3. The highest BCUT2D eigenvalue weighted by Crippen LogP contribution is 2.26. The second kappa shape index (κ2) is 6.97. The summed E-state index contributed by atoms with van der Waals surface area (Å²) in [7, 11) is 1.45. The number of nitrogens with zero attached hydrogens (tertiary/aromatic N) is 1. The van der Waals surface area contributed by atoms with Crippen LogP contribution in [0.15, 0.2) is 18.2 Å². The lowest BCUT2D eigenvalue weighted by atomic mass is 10.1. The molecule has 0 radical (unpaired) electrons. The Morgan fingerprint density at radius 3 is 2.95 bits per heavy atom. The lowest BCUT2D eigenvalue weighted by Crippen LogP contribution is -2.30. The van der Waals surface area contributed by atoms with Crippen molar-refractivity contribution in [1.29, 1.82) is 0 Å². The Morgan fingerprint density at radius 1 is 1.48 bits per heavy atom. The number of carbonyl (C=O) groups is 2. The number of nitrogens with one attached hydrogen (secondary N) is 1. The van der Waals surface area contributed by atoms with Gasteiger partial charge >= 0.3 is 0 Å². The maximum Gasteiger partial charge on any atom is 0.258 e. The van der Waals surface area contributed by atoms with Crippen LogP contribution < -0.4 is 10.1 Å². The van der Waals surface area contributed by atoms with Gasteiger partial charge < -0.3 is 20.1 Å². The van der Waals surface area contributed by atoms with Gasteiger partial charge in [-0.05, 0) is 25.0 Å². The highest BCUT2D eigenvalue weighted by atomic mass is 16.5. The fraction of sp³-hybridized carbons (Fsp3) is 0.467. The molecule has 0 atom stereocenters. The van der Waals surface area contributed by atoms with Crippen LogP contribution in [0.2, 0.25) is 0 Å². The van der Waals surface area contributed by atoms with Gasteiger partial charge in [-0.1, -0.05) is 6.07 Å². The fourth-order valence-corrected chi connectivity index (χ4v) is 2.42. The van der Waals surface area contributed by atoms with Crippen LogP contribution in [0.4, 0.5) is 0 Å². The van der Waals surface area contributed by atoms with E-state index in [0.29, 0.717) is 31.7 Å². The van der Waals surface area contributed by atoms with Crippen LogP contribution in [0.5, 0.6) is 11.5 Å². The molecule has 0 aromatic heterocycles. The molecule has 0 spiro atoms. The molecule has 114 valence electrons. The summed E-state index contributed by atoms with van der Waals surface area (Å²) in [5, 5.41) is 12.5. The number of aromatic hydroxyl groups is 1. The number of ether oxygens (including phenoxy) is 1. The Labute approximate surface area is 123 Å². The predicted molar refractivity (Wildman–Crippen MR) is 77.4 cm³/mol. The average molecular weight is 292 g/mol. The van der Waals surface area contributed by atoms with Crippen molar-refractivity contribution in [2.75, 3.05) is 26.7 Å². The van der Waals surface area contributed by atoms with Gasteiger partial charge in [-0.2, -0.15) is 0 Å². The molecular formula is C15H20N2O4. The zero-order valence-corrected chi connectivity index (χ0v) is 12.1.